The molecule has 0 atom stereocenters. The zero-order valence-corrected chi connectivity index (χ0v) is 8.89. The molecular weight excluding hydrogens is 235 g/mol. The van der Waals surface area contributed by atoms with E-state index in [2.05, 4.69) is 0 Å². The number of nitrogen functional groups attached to an aromatic ring is 1. The van der Waals surface area contributed by atoms with E-state index in [-0.39, 0.29) is 18.9 Å². The minimum atomic E-state index is -4.87. The Morgan fingerprint density at radius 1 is 1.38 bits per heavy atom. The molecule has 16 heavy (non-hydrogen) atoms. The smallest absolute Gasteiger partial charge is 0.744 e. The Labute approximate surface area is 102 Å². The van der Waals surface area contributed by atoms with Gasteiger partial charge in [0, 0.05) is 12.1 Å². The van der Waals surface area contributed by atoms with Crippen molar-refractivity contribution < 1.29 is 41.9 Å². The van der Waals surface area contributed by atoms with Gasteiger partial charge in [-0.3, -0.25) is 10.1 Å². The van der Waals surface area contributed by atoms with Crippen LogP contribution in [0.2, 0.25) is 0 Å². The number of phenols is 1. The number of phenolic OH excluding ortho intramolecular Hbond substituents is 1. The van der Waals surface area contributed by atoms with E-state index < -0.39 is 37.1 Å². The van der Waals surface area contributed by atoms with Crippen molar-refractivity contribution in [2.75, 3.05) is 5.73 Å². The van der Waals surface area contributed by atoms with Gasteiger partial charge < -0.3 is 15.4 Å². The molecule has 0 aromatic heterocycles. The van der Waals surface area contributed by atoms with Crippen LogP contribution in [0.5, 0.6) is 5.75 Å². The molecule has 0 aliphatic carbocycles. The Balaban J connectivity index is 0.00000225. The number of nitrogens with zero attached hydrogens (tertiary/aromatic N) is 1. The second kappa shape index (κ2) is 4.71. The van der Waals surface area contributed by atoms with Crippen LogP contribution in [-0.4, -0.2) is 23.0 Å². The topological polar surface area (TPSA) is 147 Å². The van der Waals surface area contributed by atoms with E-state index in [1.165, 1.54) is 0 Å². The minimum Gasteiger partial charge on any atom is -0.744 e. The van der Waals surface area contributed by atoms with Crippen molar-refractivity contribution in [2.24, 2.45) is 0 Å². The second-order valence-corrected chi connectivity index (χ2v) is 3.97. The summed E-state index contributed by atoms with van der Waals surface area (Å²) in [5.74, 6) is -0.821. The molecule has 0 radical (unpaired) electrons. The summed E-state index contributed by atoms with van der Waals surface area (Å²) in [6, 6.07) is 1.06. The molecule has 1 aromatic rings. The van der Waals surface area contributed by atoms with Crippen LogP contribution in [0.4, 0.5) is 11.4 Å². The predicted molar refractivity (Wildman–Crippen MR) is 47.1 cm³/mol. The molecule has 0 saturated heterocycles. The normalized spacial score (nSPS) is 10.6. The fraction of sp³-hybridized carbons (Fsp3) is 0. The number of hydrogen-bond donors (Lipinski definition) is 2. The quantitative estimate of drug-likeness (QED) is 0.138. The van der Waals surface area contributed by atoms with Crippen LogP contribution in [-0.2, 0) is 10.1 Å². The zero-order chi connectivity index (χ0) is 11.8. The zero-order valence-electron chi connectivity index (χ0n) is 8.08. The van der Waals surface area contributed by atoms with Gasteiger partial charge in [-0.15, -0.1) is 0 Å². The van der Waals surface area contributed by atoms with E-state index in [4.69, 9.17) is 10.8 Å². The molecule has 1 rings (SSSR count). The maximum absolute atomic E-state index is 10.5. The van der Waals surface area contributed by atoms with E-state index >= 15 is 0 Å². The molecule has 0 saturated carbocycles. The van der Waals surface area contributed by atoms with Gasteiger partial charge >= 0.3 is 18.9 Å². The Kier molecular flexibility index (Phi) is 4.34. The standard InChI is InChI=1S/C6H6N2O6S.Li/c7-6-4(8(10)11)1-3(2-5(6)9)15(12,13)14;/h1-2,9H,7H2,(H,12,13,14);/q;+1/p-1. The Hall–Kier alpha value is -1.27. The summed E-state index contributed by atoms with van der Waals surface area (Å²) in [4.78, 5) is 8.47. The Morgan fingerprint density at radius 2 is 1.88 bits per heavy atom. The summed E-state index contributed by atoms with van der Waals surface area (Å²) in [7, 11) is -4.87. The first-order valence-corrected chi connectivity index (χ1v) is 4.87. The van der Waals surface area contributed by atoms with Crippen LogP contribution in [0.25, 0.3) is 0 Å². The van der Waals surface area contributed by atoms with E-state index in [0.29, 0.717) is 12.1 Å². The molecule has 0 unspecified atom stereocenters. The Bertz CT molecular complexity index is 528. The van der Waals surface area contributed by atoms with Crippen molar-refractivity contribution in [3.8, 4) is 5.75 Å². The van der Waals surface area contributed by atoms with Crippen LogP contribution in [0.3, 0.4) is 0 Å². The van der Waals surface area contributed by atoms with E-state index in [1.54, 1.807) is 0 Å². The summed E-state index contributed by atoms with van der Waals surface area (Å²) >= 11 is 0. The molecule has 0 heterocycles. The molecule has 0 aliphatic rings. The van der Waals surface area contributed by atoms with Crippen LogP contribution < -0.4 is 24.6 Å². The van der Waals surface area contributed by atoms with Gasteiger partial charge in [0.2, 0.25) is 0 Å². The molecule has 82 valence electrons. The average molecular weight is 240 g/mol. The van der Waals surface area contributed by atoms with Gasteiger partial charge in [0.1, 0.15) is 15.9 Å². The third kappa shape index (κ3) is 2.86. The summed E-state index contributed by atoms with van der Waals surface area (Å²) in [6.07, 6.45) is 0. The summed E-state index contributed by atoms with van der Waals surface area (Å²) in [6.45, 7) is 0. The van der Waals surface area contributed by atoms with Gasteiger partial charge in [0.15, 0.2) is 5.69 Å². The minimum absolute atomic E-state index is 0. The number of nitrogens with two attached hydrogens (primary N) is 1. The van der Waals surface area contributed by atoms with Gasteiger partial charge in [-0.2, -0.15) is 0 Å². The van der Waals surface area contributed by atoms with Gasteiger partial charge in [-0.05, 0) is 0 Å². The maximum Gasteiger partial charge on any atom is 1.00 e. The average Bonchev–Trinajstić information content (AvgIpc) is 2.06. The molecule has 0 amide bonds. The fourth-order valence-corrected chi connectivity index (χ4v) is 1.41. The van der Waals surface area contributed by atoms with Gasteiger partial charge in [-0.1, -0.05) is 0 Å². The third-order valence-corrected chi connectivity index (χ3v) is 2.41. The predicted octanol–water partition coefficient (Wildman–Crippen LogP) is -3.21. The third-order valence-electron chi connectivity index (χ3n) is 1.60. The number of nitro groups is 1. The number of anilines is 1. The number of benzene rings is 1. The molecule has 8 nitrogen and oxygen atoms in total. The fourth-order valence-electron chi connectivity index (χ4n) is 0.893. The first kappa shape index (κ1) is 14.7. The largest absolute Gasteiger partial charge is 1.00 e. The van der Waals surface area contributed by atoms with E-state index in [9.17, 15) is 23.1 Å². The number of hydrogen-bond acceptors (Lipinski definition) is 7. The van der Waals surface area contributed by atoms with Crippen molar-refractivity contribution in [1.29, 1.82) is 0 Å². The Morgan fingerprint density at radius 3 is 2.25 bits per heavy atom. The van der Waals surface area contributed by atoms with Crippen LogP contribution in [0, 0.1) is 10.1 Å². The van der Waals surface area contributed by atoms with E-state index in [1.807, 2.05) is 0 Å². The first-order chi connectivity index (χ1) is 6.73. The summed E-state index contributed by atoms with van der Waals surface area (Å²) in [5.41, 5.74) is 3.69. The van der Waals surface area contributed by atoms with Gasteiger partial charge in [-0.25, -0.2) is 8.42 Å². The maximum atomic E-state index is 10.5. The van der Waals surface area contributed by atoms with Crippen LogP contribution in [0.1, 0.15) is 0 Å². The molecule has 10 heteroatoms. The van der Waals surface area contributed by atoms with Gasteiger partial charge in [0.05, 0.1) is 9.82 Å². The molecule has 0 spiro atoms. The number of nitro benzene ring substituents is 1. The van der Waals surface area contributed by atoms with E-state index in [0.717, 1.165) is 0 Å². The summed E-state index contributed by atoms with van der Waals surface area (Å²) < 4.78 is 31.6. The van der Waals surface area contributed by atoms with Crippen molar-refractivity contribution in [2.45, 2.75) is 4.90 Å². The van der Waals surface area contributed by atoms with Crippen LogP contribution in [0.15, 0.2) is 17.0 Å². The molecule has 3 N–H and O–H groups in total. The van der Waals surface area contributed by atoms with Crippen molar-refractivity contribution in [3.05, 3.63) is 22.2 Å². The molecule has 0 fully saturated rings. The van der Waals surface area contributed by atoms with Crippen LogP contribution >= 0.6 is 0 Å². The summed E-state index contributed by atoms with van der Waals surface area (Å²) in [5, 5.41) is 19.4. The molecule has 1 aromatic carbocycles. The molecule has 0 bridgehead atoms. The van der Waals surface area contributed by atoms with Gasteiger partial charge in [0.25, 0.3) is 5.69 Å². The molecular formula is C6H5LiN2O6S. The van der Waals surface area contributed by atoms with Crippen molar-refractivity contribution in [3.63, 3.8) is 0 Å². The molecule has 0 aliphatic heterocycles. The van der Waals surface area contributed by atoms with Crippen molar-refractivity contribution in [1.82, 2.24) is 0 Å². The number of rotatable bonds is 2. The SMILES string of the molecule is Nc1c(O)cc(S(=O)(=O)[O-])cc1[N+](=O)[O-].[Li+]. The van der Waals surface area contributed by atoms with Crippen molar-refractivity contribution >= 4 is 21.5 Å². The first-order valence-electron chi connectivity index (χ1n) is 3.46. The second-order valence-electron chi connectivity index (χ2n) is 2.59. The number of aromatic hydroxyl groups is 1. The monoisotopic (exact) mass is 240 g/mol.